The standard InChI is InChI=1S/C17H17N5O3S/c1-25-13-7-8-16-15(9-13)12(10-20-21-17(18)19)11-22(16)26(23,24)14-5-3-2-4-6-14/h2-11H,1H3,(H4,18,19,21)/b20-10+. The third-order valence-corrected chi connectivity index (χ3v) is 5.37. The lowest BCUT2D eigenvalue weighted by molar-refractivity contribution is 0.415. The van der Waals surface area contributed by atoms with Crippen molar-refractivity contribution in [3.63, 3.8) is 0 Å². The molecule has 0 saturated carbocycles. The van der Waals surface area contributed by atoms with Gasteiger partial charge in [-0.05, 0) is 30.3 Å². The van der Waals surface area contributed by atoms with E-state index in [1.165, 1.54) is 35.6 Å². The highest BCUT2D eigenvalue weighted by atomic mass is 32.2. The molecule has 0 bridgehead atoms. The largest absolute Gasteiger partial charge is 0.497 e. The second kappa shape index (κ2) is 6.89. The molecule has 0 aliphatic carbocycles. The fraction of sp³-hybridized carbons (Fsp3) is 0.0588. The van der Waals surface area contributed by atoms with Crippen LogP contribution in [0.15, 0.2) is 69.8 Å². The van der Waals surface area contributed by atoms with Gasteiger partial charge in [-0.25, -0.2) is 12.4 Å². The van der Waals surface area contributed by atoms with Crippen molar-refractivity contribution in [2.24, 2.45) is 21.7 Å². The van der Waals surface area contributed by atoms with Crippen LogP contribution in [-0.4, -0.2) is 31.7 Å². The van der Waals surface area contributed by atoms with E-state index in [-0.39, 0.29) is 10.9 Å². The molecule has 0 amide bonds. The maximum absolute atomic E-state index is 13.0. The van der Waals surface area contributed by atoms with Gasteiger partial charge in [-0.2, -0.15) is 5.10 Å². The number of aromatic nitrogens is 1. The molecule has 2 aromatic carbocycles. The number of hydrogen-bond donors (Lipinski definition) is 2. The third kappa shape index (κ3) is 3.24. The number of rotatable bonds is 5. The van der Waals surface area contributed by atoms with Gasteiger partial charge in [0, 0.05) is 17.1 Å². The van der Waals surface area contributed by atoms with Crippen LogP contribution in [0.2, 0.25) is 0 Å². The molecule has 0 spiro atoms. The maximum Gasteiger partial charge on any atom is 0.268 e. The smallest absolute Gasteiger partial charge is 0.268 e. The summed E-state index contributed by atoms with van der Waals surface area (Å²) in [5, 5.41) is 7.97. The predicted octanol–water partition coefficient (Wildman–Crippen LogP) is 1.49. The van der Waals surface area contributed by atoms with E-state index in [0.717, 1.165) is 0 Å². The maximum atomic E-state index is 13.0. The molecule has 8 nitrogen and oxygen atoms in total. The van der Waals surface area contributed by atoms with Gasteiger partial charge in [0.15, 0.2) is 0 Å². The van der Waals surface area contributed by atoms with Gasteiger partial charge < -0.3 is 16.2 Å². The second-order valence-corrected chi connectivity index (χ2v) is 7.17. The normalized spacial score (nSPS) is 11.7. The lowest BCUT2D eigenvalue weighted by Gasteiger charge is -2.07. The number of benzene rings is 2. The van der Waals surface area contributed by atoms with Gasteiger partial charge in [0.2, 0.25) is 5.96 Å². The lowest BCUT2D eigenvalue weighted by Crippen LogP contribution is -2.21. The topological polar surface area (TPSA) is 125 Å². The van der Waals surface area contributed by atoms with Gasteiger partial charge in [-0.15, -0.1) is 5.10 Å². The zero-order chi connectivity index (χ0) is 18.7. The number of ether oxygens (including phenoxy) is 1. The van der Waals surface area contributed by atoms with Crippen molar-refractivity contribution in [1.29, 1.82) is 0 Å². The van der Waals surface area contributed by atoms with Crippen LogP contribution in [0.1, 0.15) is 5.56 Å². The van der Waals surface area contributed by atoms with Gasteiger partial charge in [0.05, 0.1) is 23.7 Å². The molecule has 4 N–H and O–H groups in total. The van der Waals surface area contributed by atoms with E-state index in [1.807, 2.05) is 0 Å². The van der Waals surface area contributed by atoms with Crippen molar-refractivity contribution in [2.45, 2.75) is 4.90 Å². The van der Waals surface area contributed by atoms with E-state index in [0.29, 0.717) is 22.2 Å². The molecule has 0 unspecified atom stereocenters. The number of hydrogen-bond acceptors (Lipinski definition) is 5. The Morgan fingerprint density at radius 1 is 1.15 bits per heavy atom. The molecule has 3 rings (SSSR count). The molecule has 0 saturated heterocycles. The summed E-state index contributed by atoms with van der Waals surface area (Å²) in [6.45, 7) is 0. The Balaban J connectivity index is 2.24. The summed E-state index contributed by atoms with van der Waals surface area (Å²) in [5.41, 5.74) is 11.5. The van der Waals surface area contributed by atoms with Crippen LogP contribution < -0.4 is 16.2 Å². The fourth-order valence-electron chi connectivity index (χ4n) is 2.50. The van der Waals surface area contributed by atoms with Crippen molar-refractivity contribution >= 4 is 33.1 Å². The first kappa shape index (κ1) is 17.5. The Labute approximate surface area is 150 Å². The zero-order valence-corrected chi connectivity index (χ0v) is 14.7. The van der Waals surface area contributed by atoms with E-state index in [4.69, 9.17) is 16.2 Å². The Morgan fingerprint density at radius 3 is 2.54 bits per heavy atom. The fourth-order valence-corrected chi connectivity index (χ4v) is 3.90. The van der Waals surface area contributed by atoms with Crippen LogP contribution in [0.5, 0.6) is 5.75 Å². The number of nitrogens with two attached hydrogens (primary N) is 2. The van der Waals surface area contributed by atoms with Crippen LogP contribution in [-0.2, 0) is 10.0 Å². The SMILES string of the molecule is COc1ccc2c(c1)c(/C=N/N=C(N)N)cn2S(=O)(=O)c1ccccc1. The number of nitrogens with zero attached hydrogens (tertiary/aromatic N) is 3. The molecule has 0 fully saturated rings. The van der Waals surface area contributed by atoms with Crippen molar-refractivity contribution < 1.29 is 13.2 Å². The van der Waals surface area contributed by atoms with Crippen LogP contribution >= 0.6 is 0 Å². The first-order chi connectivity index (χ1) is 12.4. The molecule has 134 valence electrons. The molecule has 0 radical (unpaired) electrons. The molecule has 0 atom stereocenters. The molecule has 26 heavy (non-hydrogen) atoms. The summed E-state index contributed by atoms with van der Waals surface area (Å²) in [5.74, 6) is 0.392. The average molecular weight is 371 g/mol. The van der Waals surface area contributed by atoms with E-state index < -0.39 is 10.0 Å². The summed E-state index contributed by atoms with van der Waals surface area (Å²) >= 11 is 0. The highest BCUT2D eigenvalue weighted by Crippen LogP contribution is 2.28. The van der Waals surface area contributed by atoms with E-state index in [9.17, 15) is 8.42 Å². The Hall–Kier alpha value is -3.33. The Morgan fingerprint density at radius 2 is 1.88 bits per heavy atom. The molecular weight excluding hydrogens is 354 g/mol. The first-order valence-electron chi connectivity index (χ1n) is 7.55. The molecular formula is C17H17N5O3S. The quantitative estimate of drug-likeness (QED) is 0.399. The minimum Gasteiger partial charge on any atom is -0.497 e. The van der Waals surface area contributed by atoms with Crippen molar-refractivity contribution in [3.8, 4) is 5.75 Å². The highest BCUT2D eigenvalue weighted by molar-refractivity contribution is 7.90. The van der Waals surface area contributed by atoms with Crippen molar-refractivity contribution in [1.82, 2.24) is 3.97 Å². The van der Waals surface area contributed by atoms with E-state index >= 15 is 0 Å². The summed E-state index contributed by atoms with van der Waals surface area (Å²) in [4.78, 5) is 0.181. The number of methoxy groups -OCH3 is 1. The second-order valence-electron chi connectivity index (χ2n) is 5.35. The van der Waals surface area contributed by atoms with Gasteiger partial charge in [-0.1, -0.05) is 18.2 Å². The molecule has 0 aliphatic rings. The molecule has 0 aliphatic heterocycles. The van der Waals surface area contributed by atoms with Crippen molar-refractivity contribution in [3.05, 3.63) is 60.3 Å². The zero-order valence-electron chi connectivity index (χ0n) is 13.9. The predicted molar refractivity (Wildman–Crippen MR) is 101 cm³/mol. The first-order valence-corrected chi connectivity index (χ1v) is 8.99. The molecule has 9 heteroatoms. The summed E-state index contributed by atoms with van der Waals surface area (Å²) < 4.78 is 32.5. The van der Waals surface area contributed by atoms with Crippen LogP contribution in [0.4, 0.5) is 0 Å². The number of fused-ring (bicyclic) bond motifs is 1. The van der Waals surface area contributed by atoms with Gasteiger partial charge >= 0.3 is 0 Å². The Bertz CT molecular complexity index is 1100. The van der Waals surface area contributed by atoms with Gasteiger partial charge in [-0.3, -0.25) is 0 Å². The van der Waals surface area contributed by atoms with Gasteiger partial charge in [0.25, 0.3) is 10.0 Å². The third-order valence-electron chi connectivity index (χ3n) is 3.68. The average Bonchev–Trinajstić information content (AvgIpc) is 3.01. The van der Waals surface area contributed by atoms with Crippen molar-refractivity contribution in [2.75, 3.05) is 7.11 Å². The van der Waals surface area contributed by atoms with E-state index in [1.54, 1.807) is 36.4 Å². The van der Waals surface area contributed by atoms with E-state index in [2.05, 4.69) is 10.2 Å². The minimum atomic E-state index is -3.78. The number of guanidine groups is 1. The van der Waals surface area contributed by atoms with Crippen LogP contribution in [0.25, 0.3) is 10.9 Å². The minimum absolute atomic E-state index is 0.181. The summed E-state index contributed by atoms with van der Waals surface area (Å²) in [7, 11) is -2.24. The Kier molecular flexibility index (Phi) is 4.63. The lowest BCUT2D eigenvalue weighted by atomic mass is 10.2. The molecule has 3 aromatic rings. The monoisotopic (exact) mass is 371 g/mol. The summed E-state index contributed by atoms with van der Waals surface area (Å²) in [6, 6.07) is 13.3. The molecule has 1 aromatic heterocycles. The van der Waals surface area contributed by atoms with Gasteiger partial charge in [0.1, 0.15) is 5.75 Å². The molecule has 1 heterocycles. The van der Waals surface area contributed by atoms with Crippen LogP contribution in [0.3, 0.4) is 0 Å². The summed E-state index contributed by atoms with van der Waals surface area (Å²) in [6.07, 6.45) is 2.86. The van der Waals surface area contributed by atoms with Crippen LogP contribution in [0, 0.1) is 0 Å². The highest BCUT2D eigenvalue weighted by Gasteiger charge is 2.21.